The van der Waals surface area contributed by atoms with Crippen LogP contribution in [0.1, 0.15) is 10.4 Å². The third-order valence-corrected chi connectivity index (χ3v) is 3.09. The van der Waals surface area contributed by atoms with Crippen LogP contribution in [-0.2, 0) is 0 Å². The SMILES string of the molecule is COc1ncccc1SC(=O)c1ccccc1. The van der Waals surface area contributed by atoms with Crippen molar-refractivity contribution < 1.29 is 9.53 Å². The number of hydrogen-bond acceptors (Lipinski definition) is 4. The van der Waals surface area contributed by atoms with E-state index in [2.05, 4.69) is 4.98 Å². The van der Waals surface area contributed by atoms with E-state index in [9.17, 15) is 4.79 Å². The second-order valence-electron chi connectivity index (χ2n) is 3.27. The van der Waals surface area contributed by atoms with Gasteiger partial charge in [-0.1, -0.05) is 30.3 Å². The summed E-state index contributed by atoms with van der Waals surface area (Å²) in [6.45, 7) is 0. The van der Waals surface area contributed by atoms with Gasteiger partial charge >= 0.3 is 0 Å². The first-order valence-corrected chi connectivity index (χ1v) is 5.89. The Hall–Kier alpha value is -1.81. The quantitative estimate of drug-likeness (QED) is 0.779. The molecule has 0 N–H and O–H groups in total. The van der Waals surface area contributed by atoms with Crippen LogP contribution < -0.4 is 4.74 Å². The number of benzene rings is 1. The largest absolute Gasteiger partial charge is 0.480 e. The van der Waals surface area contributed by atoms with Crippen molar-refractivity contribution in [2.24, 2.45) is 0 Å². The number of aromatic nitrogens is 1. The van der Waals surface area contributed by atoms with Crippen LogP contribution in [0.15, 0.2) is 53.6 Å². The van der Waals surface area contributed by atoms with Crippen molar-refractivity contribution >= 4 is 16.9 Å². The van der Waals surface area contributed by atoms with Gasteiger partial charge in [-0.3, -0.25) is 4.79 Å². The molecule has 0 amide bonds. The zero-order valence-electron chi connectivity index (χ0n) is 9.29. The summed E-state index contributed by atoms with van der Waals surface area (Å²) in [5, 5.41) is -0.0168. The third-order valence-electron chi connectivity index (χ3n) is 2.14. The molecule has 0 aliphatic rings. The predicted octanol–water partition coefficient (Wildman–Crippen LogP) is 3.02. The number of thioether (sulfide) groups is 1. The van der Waals surface area contributed by atoms with Crippen LogP contribution in [0.3, 0.4) is 0 Å². The van der Waals surface area contributed by atoms with Gasteiger partial charge in [0.25, 0.3) is 0 Å². The molecular formula is C13H11NO2S. The Labute approximate surface area is 104 Å². The lowest BCUT2D eigenvalue weighted by Crippen LogP contribution is -1.95. The highest BCUT2D eigenvalue weighted by Gasteiger charge is 2.11. The van der Waals surface area contributed by atoms with Crippen LogP contribution >= 0.6 is 11.8 Å². The lowest BCUT2D eigenvalue weighted by molar-refractivity contribution is 0.108. The molecule has 0 saturated heterocycles. The molecule has 0 aliphatic heterocycles. The Morgan fingerprint density at radius 3 is 2.65 bits per heavy atom. The molecule has 0 saturated carbocycles. The smallest absolute Gasteiger partial charge is 0.227 e. The summed E-state index contributed by atoms with van der Waals surface area (Å²) in [7, 11) is 1.54. The molecule has 1 aromatic carbocycles. The molecule has 0 spiro atoms. The van der Waals surface area contributed by atoms with E-state index in [1.807, 2.05) is 24.3 Å². The average Bonchev–Trinajstić information content (AvgIpc) is 2.40. The lowest BCUT2D eigenvalue weighted by Gasteiger charge is -2.05. The first-order chi connectivity index (χ1) is 8.31. The zero-order chi connectivity index (χ0) is 12.1. The van der Waals surface area contributed by atoms with Gasteiger partial charge in [0.2, 0.25) is 11.0 Å². The Morgan fingerprint density at radius 1 is 1.18 bits per heavy atom. The number of carbonyl (C=O) groups is 1. The van der Waals surface area contributed by atoms with Crippen molar-refractivity contribution in [2.45, 2.75) is 4.90 Å². The van der Waals surface area contributed by atoms with Crippen LogP contribution in [0.5, 0.6) is 5.88 Å². The summed E-state index contributed by atoms with van der Waals surface area (Å²) in [6.07, 6.45) is 1.63. The maximum Gasteiger partial charge on any atom is 0.227 e. The summed E-state index contributed by atoms with van der Waals surface area (Å²) >= 11 is 1.12. The van der Waals surface area contributed by atoms with Gasteiger partial charge < -0.3 is 4.74 Å². The maximum absolute atomic E-state index is 12.0. The van der Waals surface area contributed by atoms with E-state index in [0.29, 0.717) is 11.4 Å². The molecule has 86 valence electrons. The van der Waals surface area contributed by atoms with E-state index >= 15 is 0 Å². The minimum Gasteiger partial charge on any atom is -0.480 e. The molecule has 3 nitrogen and oxygen atoms in total. The lowest BCUT2D eigenvalue weighted by atomic mass is 10.2. The third kappa shape index (κ3) is 2.85. The van der Waals surface area contributed by atoms with Crippen LogP contribution in [0.25, 0.3) is 0 Å². The van der Waals surface area contributed by atoms with Gasteiger partial charge in [-0.25, -0.2) is 4.98 Å². The molecule has 0 bridgehead atoms. The van der Waals surface area contributed by atoms with Crippen molar-refractivity contribution in [3.63, 3.8) is 0 Å². The second-order valence-corrected chi connectivity index (χ2v) is 4.28. The van der Waals surface area contributed by atoms with Crippen molar-refractivity contribution in [2.75, 3.05) is 7.11 Å². The molecule has 0 atom stereocenters. The number of carbonyl (C=O) groups excluding carboxylic acids is 1. The molecule has 2 rings (SSSR count). The summed E-state index contributed by atoms with van der Waals surface area (Å²) in [5.41, 5.74) is 0.670. The van der Waals surface area contributed by atoms with Crippen LogP contribution in [0.2, 0.25) is 0 Å². The molecule has 1 heterocycles. The van der Waals surface area contributed by atoms with Gasteiger partial charge in [0.1, 0.15) is 0 Å². The number of nitrogens with zero attached hydrogens (tertiary/aromatic N) is 1. The van der Waals surface area contributed by atoms with Crippen LogP contribution in [0, 0.1) is 0 Å². The molecule has 0 aliphatic carbocycles. The highest BCUT2D eigenvalue weighted by molar-refractivity contribution is 8.14. The number of rotatable bonds is 3. The Kier molecular flexibility index (Phi) is 3.77. The zero-order valence-corrected chi connectivity index (χ0v) is 10.1. The molecule has 2 aromatic rings. The Morgan fingerprint density at radius 2 is 1.94 bits per heavy atom. The van der Waals surface area contributed by atoms with Crippen molar-refractivity contribution in [3.8, 4) is 5.88 Å². The standard InChI is InChI=1S/C13H11NO2S/c1-16-12-11(8-5-9-14-12)17-13(15)10-6-3-2-4-7-10/h2-9H,1H3. The van der Waals surface area contributed by atoms with E-state index in [4.69, 9.17) is 4.74 Å². The Bertz CT molecular complexity index is 514. The van der Waals surface area contributed by atoms with Crippen LogP contribution in [-0.4, -0.2) is 17.2 Å². The highest BCUT2D eigenvalue weighted by atomic mass is 32.2. The van der Waals surface area contributed by atoms with Gasteiger partial charge in [-0.2, -0.15) is 0 Å². The second kappa shape index (κ2) is 5.50. The fraction of sp³-hybridized carbons (Fsp3) is 0.0769. The molecule has 0 fully saturated rings. The molecule has 1 aromatic heterocycles. The number of hydrogen-bond donors (Lipinski definition) is 0. The first-order valence-electron chi connectivity index (χ1n) is 5.07. The summed E-state index contributed by atoms with van der Waals surface area (Å²) in [5.74, 6) is 0.474. The Balaban J connectivity index is 2.19. The highest BCUT2D eigenvalue weighted by Crippen LogP contribution is 2.29. The number of ether oxygens (including phenoxy) is 1. The maximum atomic E-state index is 12.0. The normalized spacial score (nSPS) is 9.94. The number of pyridine rings is 1. The van der Waals surface area contributed by atoms with E-state index in [0.717, 1.165) is 16.7 Å². The molecule has 0 unspecified atom stereocenters. The van der Waals surface area contributed by atoms with Crippen LogP contribution in [0.4, 0.5) is 0 Å². The molecular weight excluding hydrogens is 234 g/mol. The van der Waals surface area contributed by atoms with E-state index in [-0.39, 0.29) is 5.12 Å². The summed E-state index contributed by atoms with van der Waals surface area (Å²) in [6, 6.07) is 12.7. The van der Waals surface area contributed by atoms with E-state index in [1.54, 1.807) is 31.5 Å². The van der Waals surface area contributed by atoms with Crippen molar-refractivity contribution in [1.82, 2.24) is 4.98 Å². The van der Waals surface area contributed by atoms with E-state index < -0.39 is 0 Å². The molecule has 4 heteroatoms. The monoisotopic (exact) mass is 245 g/mol. The minimum atomic E-state index is -0.0168. The fourth-order valence-electron chi connectivity index (χ4n) is 1.34. The van der Waals surface area contributed by atoms with Gasteiger partial charge in [-0.15, -0.1) is 0 Å². The van der Waals surface area contributed by atoms with Crippen molar-refractivity contribution in [1.29, 1.82) is 0 Å². The average molecular weight is 245 g/mol. The minimum absolute atomic E-state index is 0.0168. The van der Waals surface area contributed by atoms with E-state index in [1.165, 1.54) is 0 Å². The summed E-state index contributed by atoms with van der Waals surface area (Å²) < 4.78 is 5.10. The first kappa shape index (κ1) is 11.7. The molecule has 0 radical (unpaired) electrons. The predicted molar refractivity (Wildman–Crippen MR) is 67.4 cm³/mol. The van der Waals surface area contributed by atoms with Gasteiger partial charge in [-0.05, 0) is 23.9 Å². The van der Waals surface area contributed by atoms with Gasteiger partial charge in [0.05, 0.1) is 12.0 Å². The van der Waals surface area contributed by atoms with Crippen molar-refractivity contribution in [3.05, 3.63) is 54.2 Å². The topological polar surface area (TPSA) is 39.2 Å². The molecule has 17 heavy (non-hydrogen) atoms. The summed E-state index contributed by atoms with van der Waals surface area (Å²) in [4.78, 5) is 16.7. The van der Waals surface area contributed by atoms with Gasteiger partial charge in [0, 0.05) is 11.8 Å². The fourth-order valence-corrected chi connectivity index (χ4v) is 2.16. The number of methoxy groups -OCH3 is 1. The van der Waals surface area contributed by atoms with Gasteiger partial charge in [0.15, 0.2) is 0 Å².